The molecule has 94 heavy (non-hydrogen) atoms. The van der Waals surface area contributed by atoms with Gasteiger partial charge in [-0.05, 0) is 49.4 Å². The molecule has 0 aliphatic heterocycles. The quantitative estimate of drug-likeness (QED) is 0.0222. The zero-order valence-electron chi connectivity index (χ0n) is 61.6. The summed E-state index contributed by atoms with van der Waals surface area (Å²) < 4.78 is 68.4. The molecular weight excluding hydrogens is 1230 g/mol. The maximum absolute atomic E-state index is 13.0. The van der Waals surface area contributed by atoms with E-state index in [0.29, 0.717) is 37.5 Å². The molecule has 0 spiro atoms. The van der Waals surface area contributed by atoms with Crippen molar-refractivity contribution in [1.29, 1.82) is 0 Å². The Balaban J connectivity index is 5.17. The minimum Gasteiger partial charge on any atom is -0.462 e. The second kappa shape index (κ2) is 64.4. The Hall–Kier alpha value is -1.94. The molecule has 558 valence electrons. The molecule has 0 aromatic carbocycles. The summed E-state index contributed by atoms with van der Waals surface area (Å²) in [5.74, 6) is 0.849. The molecule has 0 aliphatic carbocycles. The van der Waals surface area contributed by atoms with Gasteiger partial charge >= 0.3 is 39.5 Å². The van der Waals surface area contributed by atoms with Gasteiger partial charge in [-0.15, -0.1) is 0 Å². The second-order valence-corrected chi connectivity index (χ2v) is 31.9. The molecule has 0 saturated heterocycles. The topological polar surface area (TPSA) is 237 Å². The molecule has 0 aliphatic rings. The Morgan fingerprint density at radius 3 is 0.660 bits per heavy atom. The van der Waals surface area contributed by atoms with E-state index in [2.05, 4.69) is 55.4 Å². The average Bonchev–Trinajstić information content (AvgIpc) is 1.32. The number of aliphatic hydroxyl groups excluding tert-OH is 1. The Bertz CT molecular complexity index is 1850. The summed E-state index contributed by atoms with van der Waals surface area (Å²) in [5.41, 5.74) is 0. The van der Waals surface area contributed by atoms with Gasteiger partial charge < -0.3 is 33.8 Å². The van der Waals surface area contributed by atoms with Gasteiger partial charge in [-0.25, -0.2) is 9.13 Å². The first kappa shape index (κ1) is 92.1. The molecule has 0 aromatic rings. The van der Waals surface area contributed by atoms with Crippen LogP contribution in [-0.4, -0.2) is 96.7 Å². The summed E-state index contributed by atoms with van der Waals surface area (Å²) in [7, 11) is -9.91. The van der Waals surface area contributed by atoms with Crippen LogP contribution >= 0.6 is 15.6 Å². The SMILES string of the molecule is CC(C)CCCCCCCCCCCCCCCCCC(=O)O[C@H](COC(=O)CCCCCCCCCC(C)C)COP(=O)(O)OCC(O)COP(=O)(O)OC[C@@H](COC(=O)CCCCCCCCCCCCCCCCC(C)C)OC(=O)CCCCCCCCC(C)C. The van der Waals surface area contributed by atoms with Gasteiger partial charge in [-0.2, -0.15) is 0 Å². The van der Waals surface area contributed by atoms with Crippen LogP contribution in [0.1, 0.15) is 376 Å². The molecule has 0 saturated carbocycles. The zero-order chi connectivity index (χ0) is 69.6. The van der Waals surface area contributed by atoms with Crippen LogP contribution in [0.25, 0.3) is 0 Å². The summed E-state index contributed by atoms with van der Waals surface area (Å²) in [6, 6.07) is 0. The van der Waals surface area contributed by atoms with Gasteiger partial charge in [-0.3, -0.25) is 37.3 Å². The molecule has 0 bridgehead atoms. The van der Waals surface area contributed by atoms with E-state index < -0.39 is 97.5 Å². The maximum Gasteiger partial charge on any atom is 0.472 e. The Kier molecular flexibility index (Phi) is 63.1. The lowest BCUT2D eigenvalue weighted by molar-refractivity contribution is -0.161. The van der Waals surface area contributed by atoms with Crippen LogP contribution in [0.2, 0.25) is 0 Å². The minimum absolute atomic E-state index is 0.102. The van der Waals surface area contributed by atoms with E-state index in [1.165, 1.54) is 173 Å². The fraction of sp³-hybridized carbons (Fsp3) is 0.947. The van der Waals surface area contributed by atoms with Crippen LogP contribution < -0.4 is 0 Å². The standard InChI is InChI=1S/C75H146O17P2/c1-65(2)51-43-35-27-22-18-14-10-9-11-17-21-25-31-41-49-57-74(79)91-70(61-86-73(78)56-48-40-32-26-29-37-45-53-67(5)6)63-89-93(81,82)87-59-69(76)60-88-94(83,84)90-64-71(92-75(80)58-50-42-34-33-38-46-54-68(7)8)62-85-72(77)55-47-39-30-24-20-16-13-12-15-19-23-28-36-44-52-66(3)4/h65-71,76H,9-64H2,1-8H3,(H,81,82)(H,83,84)/t69?,70-,71-/m1/s1. The van der Waals surface area contributed by atoms with Crippen LogP contribution in [0.5, 0.6) is 0 Å². The van der Waals surface area contributed by atoms with E-state index in [4.69, 9.17) is 37.0 Å². The number of unbranched alkanes of at least 4 members (excludes halogenated alkanes) is 38. The number of phosphoric ester groups is 2. The third-order valence-electron chi connectivity index (χ3n) is 17.3. The lowest BCUT2D eigenvalue weighted by atomic mass is 10.0. The van der Waals surface area contributed by atoms with Gasteiger partial charge in [0, 0.05) is 25.7 Å². The normalized spacial score (nSPS) is 14.2. The van der Waals surface area contributed by atoms with Crippen molar-refractivity contribution in [2.45, 2.75) is 395 Å². The van der Waals surface area contributed by atoms with Crippen molar-refractivity contribution in [2.24, 2.45) is 23.7 Å². The van der Waals surface area contributed by atoms with Crippen LogP contribution in [0, 0.1) is 23.7 Å². The lowest BCUT2D eigenvalue weighted by Gasteiger charge is -2.21. The van der Waals surface area contributed by atoms with Crippen molar-refractivity contribution >= 4 is 39.5 Å². The van der Waals surface area contributed by atoms with Crippen LogP contribution in [0.15, 0.2) is 0 Å². The number of carbonyl (C=O) groups excluding carboxylic acids is 4. The number of ether oxygens (including phenoxy) is 4. The number of hydrogen-bond acceptors (Lipinski definition) is 15. The summed E-state index contributed by atoms with van der Waals surface area (Å²) in [5, 5.41) is 10.6. The number of esters is 4. The molecule has 5 atom stereocenters. The minimum atomic E-state index is -4.95. The van der Waals surface area contributed by atoms with Crippen molar-refractivity contribution in [3.8, 4) is 0 Å². The Morgan fingerprint density at radius 2 is 0.447 bits per heavy atom. The van der Waals surface area contributed by atoms with Gasteiger partial charge in [0.25, 0.3) is 0 Å². The van der Waals surface area contributed by atoms with Crippen LogP contribution in [0.3, 0.4) is 0 Å². The first-order valence-electron chi connectivity index (χ1n) is 38.7. The maximum atomic E-state index is 13.0. The molecule has 3 unspecified atom stereocenters. The summed E-state index contributed by atoms with van der Waals surface area (Å²) in [6.45, 7) is 14.1. The van der Waals surface area contributed by atoms with Gasteiger partial charge in [0.15, 0.2) is 12.2 Å². The van der Waals surface area contributed by atoms with Gasteiger partial charge in [-0.1, -0.05) is 325 Å². The second-order valence-electron chi connectivity index (χ2n) is 28.9. The van der Waals surface area contributed by atoms with Crippen LogP contribution in [0.4, 0.5) is 0 Å². The lowest BCUT2D eigenvalue weighted by Crippen LogP contribution is -2.30. The number of hydrogen-bond donors (Lipinski definition) is 3. The number of phosphoric acid groups is 2. The molecule has 0 aromatic heterocycles. The van der Waals surface area contributed by atoms with Crippen molar-refractivity contribution < 1.29 is 80.2 Å². The van der Waals surface area contributed by atoms with E-state index in [0.717, 1.165) is 108 Å². The highest BCUT2D eigenvalue weighted by atomic mass is 31.2. The molecule has 3 N–H and O–H groups in total. The summed E-state index contributed by atoms with van der Waals surface area (Å²) >= 11 is 0. The number of rotatable bonds is 72. The molecule has 19 heteroatoms. The molecule has 0 radical (unpaired) electrons. The number of carbonyl (C=O) groups is 4. The highest BCUT2D eigenvalue weighted by molar-refractivity contribution is 7.47. The van der Waals surface area contributed by atoms with E-state index in [1.54, 1.807) is 0 Å². The van der Waals surface area contributed by atoms with Crippen molar-refractivity contribution in [3.63, 3.8) is 0 Å². The van der Waals surface area contributed by atoms with Gasteiger partial charge in [0.05, 0.1) is 26.4 Å². The Morgan fingerprint density at radius 1 is 0.266 bits per heavy atom. The first-order valence-corrected chi connectivity index (χ1v) is 41.7. The van der Waals surface area contributed by atoms with E-state index >= 15 is 0 Å². The van der Waals surface area contributed by atoms with Gasteiger partial charge in [0.2, 0.25) is 0 Å². The van der Waals surface area contributed by atoms with Gasteiger partial charge in [0.1, 0.15) is 19.3 Å². The molecule has 0 rings (SSSR count). The van der Waals surface area contributed by atoms with E-state index in [9.17, 15) is 43.2 Å². The fourth-order valence-corrected chi connectivity index (χ4v) is 13.0. The predicted octanol–water partition coefficient (Wildman–Crippen LogP) is 21.7. The fourth-order valence-electron chi connectivity index (χ4n) is 11.4. The van der Waals surface area contributed by atoms with E-state index in [1.807, 2.05) is 0 Å². The van der Waals surface area contributed by atoms with Crippen molar-refractivity contribution in [3.05, 3.63) is 0 Å². The molecule has 0 amide bonds. The largest absolute Gasteiger partial charge is 0.472 e. The highest BCUT2D eigenvalue weighted by Crippen LogP contribution is 2.45. The third kappa shape index (κ3) is 68.6. The van der Waals surface area contributed by atoms with Crippen LogP contribution in [-0.2, 0) is 65.4 Å². The highest BCUT2D eigenvalue weighted by Gasteiger charge is 2.30. The first-order chi connectivity index (χ1) is 45.1. The van der Waals surface area contributed by atoms with Crippen molar-refractivity contribution in [2.75, 3.05) is 39.6 Å². The predicted molar refractivity (Wildman–Crippen MR) is 381 cm³/mol. The monoisotopic (exact) mass is 1380 g/mol. The smallest absolute Gasteiger partial charge is 0.462 e. The summed E-state index contributed by atoms with van der Waals surface area (Å²) in [4.78, 5) is 72.7. The van der Waals surface area contributed by atoms with Crippen molar-refractivity contribution in [1.82, 2.24) is 0 Å². The Labute approximate surface area is 575 Å². The third-order valence-corrected chi connectivity index (χ3v) is 19.2. The molecule has 0 heterocycles. The average molecular weight is 1380 g/mol. The molecule has 0 fully saturated rings. The number of aliphatic hydroxyl groups is 1. The zero-order valence-corrected chi connectivity index (χ0v) is 63.4. The van der Waals surface area contributed by atoms with E-state index in [-0.39, 0.29) is 25.7 Å². The molecule has 17 nitrogen and oxygen atoms in total. The summed E-state index contributed by atoms with van der Waals surface area (Å²) in [6.07, 6.45) is 48.9. The molecular formula is C75H146O17P2.